The van der Waals surface area contributed by atoms with E-state index in [-0.39, 0.29) is 0 Å². The Labute approximate surface area is 69.9 Å². The molecule has 0 N–H and O–H groups in total. The second-order valence-corrected chi connectivity index (χ2v) is 23.2. The van der Waals surface area contributed by atoms with Crippen molar-refractivity contribution in [3.63, 3.8) is 0 Å². The third-order valence-electron chi connectivity index (χ3n) is 0. The Morgan fingerprint density at radius 2 is 0.875 bits per heavy atom. The van der Waals surface area contributed by atoms with Crippen LogP contribution in [0.4, 0.5) is 0 Å². The standard InChI is InChI=1S/6CH3.Pb.Sn/h6*1H3;;. The van der Waals surface area contributed by atoms with Gasteiger partial charge in [0.05, 0.1) is 0 Å². The number of rotatable bonds is 0. The Morgan fingerprint density at radius 1 is 0.875 bits per heavy atom. The Kier molecular flexibility index (Phi) is 13.5. The van der Waals surface area contributed by atoms with Gasteiger partial charge in [0, 0.05) is 0 Å². The van der Waals surface area contributed by atoms with Gasteiger partial charge in [-0.1, -0.05) is 0 Å². The maximum atomic E-state index is 2.38. The molecule has 0 rings (SSSR count). The molecule has 0 aliphatic heterocycles. The van der Waals surface area contributed by atoms with Crippen LogP contribution in [0, 0.1) is 0 Å². The molecule has 8 heavy (non-hydrogen) atoms. The third-order valence-corrected chi connectivity index (χ3v) is 0. The van der Waals surface area contributed by atoms with E-state index in [1.165, 1.54) is 0 Å². The van der Waals surface area contributed by atoms with Crippen molar-refractivity contribution >= 4 is 42.5 Å². The summed E-state index contributed by atoms with van der Waals surface area (Å²) >= 11 is -1.20. The number of hydrogen-bond donors (Lipinski definition) is 0. The van der Waals surface area contributed by atoms with Crippen LogP contribution in [0.2, 0.25) is 28.3 Å². The molecule has 0 atom stereocenters. The maximum absolute atomic E-state index is 2.38. The van der Waals surface area contributed by atoms with Gasteiger partial charge in [0.25, 0.3) is 0 Å². The van der Waals surface area contributed by atoms with Crippen LogP contribution in [0.1, 0.15) is 0 Å². The van der Waals surface area contributed by atoms with E-state index in [0.29, 0.717) is 0 Å². The molecule has 50 valence electrons. The van der Waals surface area contributed by atoms with E-state index in [9.17, 15) is 0 Å². The predicted octanol–water partition coefficient (Wildman–Crippen LogP) is 2.74. The molecule has 0 nitrogen and oxygen atoms in total. The van der Waals surface area contributed by atoms with E-state index in [2.05, 4.69) is 28.3 Å². The monoisotopic (exact) mass is 418 g/mol. The summed E-state index contributed by atoms with van der Waals surface area (Å²) in [5.41, 5.74) is 0. The summed E-state index contributed by atoms with van der Waals surface area (Å²) < 4.78 is 7.14. The van der Waals surface area contributed by atoms with Crippen molar-refractivity contribution in [2.45, 2.75) is 28.3 Å². The SMILES string of the molecule is [CH3][Pb]([CH3])[CH3].[CH3][Sn]([CH3])[CH3]. The molecule has 2 heteroatoms. The average Bonchev–Trinajstić information content (AvgIpc) is 1.25. The summed E-state index contributed by atoms with van der Waals surface area (Å²) in [5, 5.41) is 0. The molecule has 0 fully saturated rings. The molecular formula is C6H18PbSn. The summed E-state index contributed by atoms with van der Waals surface area (Å²) in [5.74, 6) is 0. The first kappa shape index (κ1) is 12.4. The molecule has 0 saturated carbocycles. The Bertz CT molecular complexity index is 24.0. The van der Waals surface area contributed by atoms with Crippen molar-refractivity contribution in [3.05, 3.63) is 0 Å². The first-order valence-electron chi connectivity index (χ1n) is 3.00. The summed E-state index contributed by atoms with van der Waals surface area (Å²) in [6, 6.07) is 0. The van der Waals surface area contributed by atoms with Crippen molar-refractivity contribution in [3.8, 4) is 0 Å². The molecule has 0 aliphatic rings. The zero-order valence-corrected chi connectivity index (χ0v) is 13.7. The minimum absolute atomic E-state index is 0.543. The van der Waals surface area contributed by atoms with E-state index in [1.54, 1.807) is 0 Å². The molecule has 0 saturated heterocycles. The Balaban J connectivity index is 0. The van der Waals surface area contributed by atoms with Crippen LogP contribution in [-0.2, 0) is 0 Å². The van der Waals surface area contributed by atoms with Gasteiger partial charge in [0.2, 0.25) is 0 Å². The number of hydrogen-bond acceptors (Lipinski definition) is 0. The van der Waals surface area contributed by atoms with Gasteiger partial charge in [-0.05, 0) is 0 Å². The van der Waals surface area contributed by atoms with E-state index >= 15 is 0 Å². The fourth-order valence-electron chi connectivity index (χ4n) is 0. The van der Waals surface area contributed by atoms with Crippen LogP contribution >= 0.6 is 0 Å². The molecule has 0 unspecified atom stereocenters. The molecular weight excluding hydrogens is 398 g/mol. The molecule has 0 bridgehead atoms. The van der Waals surface area contributed by atoms with Crippen molar-refractivity contribution in [1.82, 2.24) is 0 Å². The molecule has 2 radical (unpaired) electrons. The average molecular weight is 416 g/mol. The van der Waals surface area contributed by atoms with Crippen molar-refractivity contribution in [2.75, 3.05) is 0 Å². The van der Waals surface area contributed by atoms with E-state index in [1.807, 2.05) is 0 Å². The molecule has 0 aromatic rings. The van der Waals surface area contributed by atoms with Gasteiger partial charge in [-0.25, -0.2) is 0 Å². The zero-order chi connectivity index (χ0) is 7.15. The second kappa shape index (κ2) is 8.72. The Morgan fingerprint density at radius 3 is 0.875 bits per heavy atom. The van der Waals surface area contributed by atoms with Gasteiger partial charge in [-0.2, -0.15) is 0 Å². The van der Waals surface area contributed by atoms with Gasteiger partial charge in [-0.15, -0.1) is 0 Å². The molecule has 0 spiro atoms. The topological polar surface area (TPSA) is 0 Å². The van der Waals surface area contributed by atoms with E-state index in [0.717, 1.165) is 0 Å². The molecule has 0 aliphatic carbocycles. The minimum atomic E-state index is -0.657. The fraction of sp³-hybridized carbons (Fsp3) is 1.00. The van der Waals surface area contributed by atoms with Crippen LogP contribution in [0.15, 0.2) is 0 Å². The van der Waals surface area contributed by atoms with Crippen LogP contribution in [-0.4, -0.2) is 42.5 Å². The van der Waals surface area contributed by atoms with Gasteiger partial charge in [0.15, 0.2) is 0 Å². The van der Waals surface area contributed by atoms with Crippen LogP contribution in [0.25, 0.3) is 0 Å². The van der Waals surface area contributed by atoms with Crippen LogP contribution in [0.5, 0.6) is 0 Å². The van der Waals surface area contributed by atoms with Crippen molar-refractivity contribution in [1.29, 1.82) is 0 Å². The summed E-state index contributed by atoms with van der Waals surface area (Å²) in [7, 11) is 0. The second-order valence-electron chi connectivity index (χ2n) is 3.00. The normalized spacial score (nSPS) is 9.00. The van der Waals surface area contributed by atoms with Gasteiger partial charge in [-0.3, -0.25) is 0 Å². The third kappa shape index (κ3) is 118. The van der Waals surface area contributed by atoms with Crippen LogP contribution < -0.4 is 0 Å². The molecule has 0 aromatic carbocycles. The van der Waals surface area contributed by atoms with E-state index < -0.39 is 42.5 Å². The molecule has 0 heterocycles. The van der Waals surface area contributed by atoms with Gasteiger partial charge < -0.3 is 0 Å². The molecule has 0 amide bonds. The van der Waals surface area contributed by atoms with Crippen molar-refractivity contribution < 1.29 is 0 Å². The summed E-state index contributed by atoms with van der Waals surface area (Å²) in [6.45, 7) is 0. The summed E-state index contributed by atoms with van der Waals surface area (Å²) in [6.07, 6.45) is 0. The van der Waals surface area contributed by atoms with Gasteiger partial charge in [0.1, 0.15) is 0 Å². The first-order valence-corrected chi connectivity index (χ1v) is 23.2. The molecule has 0 aromatic heterocycles. The van der Waals surface area contributed by atoms with Crippen molar-refractivity contribution in [2.24, 2.45) is 0 Å². The fourth-order valence-corrected chi connectivity index (χ4v) is 0. The predicted molar refractivity (Wildman–Crippen MR) is 46.7 cm³/mol. The summed E-state index contributed by atoms with van der Waals surface area (Å²) in [4.78, 5) is 7.09. The first-order chi connectivity index (χ1) is 3.46. The van der Waals surface area contributed by atoms with Gasteiger partial charge >= 0.3 is 70.7 Å². The van der Waals surface area contributed by atoms with Crippen LogP contribution in [0.3, 0.4) is 0 Å². The quantitative estimate of drug-likeness (QED) is 0.533. The zero-order valence-electron chi connectivity index (χ0n) is 7.00. The Hall–Kier alpha value is 1.72. The van der Waals surface area contributed by atoms with E-state index in [4.69, 9.17) is 0 Å².